The molecular formula is C14H19NO. The number of amides is 1. The predicted molar refractivity (Wildman–Crippen MR) is 66.4 cm³/mol. The second-order valence-electron chi connectivity index (χ2n) is 4.50. The predicted octanol–water partition coefficient (Wildman–Crippen LogP) is 3.38. The van der Waals surface area contributed by atoms with Gasteiger partial charge in [0.05, 0.1) is 0 Å². The quantitative estimate of drug-likeness (QED) is 0.767. The molecule has 0 bridgehead atoms. The van der Waals surface area contributed by atoms with E-state index < -0.39 is 0 Å². The van der Waals surface area contributed by atoms with E-state index in [-0.39, 0.29) is 11.8 Å². The molecule has 0 saturated heterocycles. The number of benzene rings is 1. The molecule has 2 heteroatoms. The Morgan fingerprint density at radius 3 is 2.94 bits per heavy atom. The van der Waals surface area contributed by atoms with E-state index in [1.807, 2.05) is 18.2 Å². The lowest BCUT2D eigenvalue weighted by Gasteiger charge is -2.13. The van der Waals surface area contributed by atoms with Crippen molar-refractivity contribution in [2.75, 3.05) is 5.32 Å². The first-order valence-electron chi connectivity index (χ1n) is 6.20. The minimum atomic E-state index is 0.186. The molecule has 1 aromatic rings. The first-order valence-corrected chi connectivity index (χ1v) is 6.20. The Labute approximate surface area is 97.1 Å². The van der Waals surface area contributed by atoms with Gasteiger partial charge in [-0.15, -0.1) is 0 Å². The molecule has 1 unspecified atom stereocenters. The van der Waals surface area contributed by atoms with Gasteiger partial charge in [0.15, 0.2) is 0 Å². The number of anilines is 1. The van der Waals surface area contributed by atoms with Crippen molar-refractivity contribution in [3.8, 4) is 0 Å². The van der Waals surface area contributed by atoms with Crippen molar-refractivity contribution in [2.45, 2.75) is 39.0 Å². The van der Waals surface area contributed by atoms with E-state index in [4.69, 9.17) is 0 Å². The minimum Gasteiger partial charge on any atom is -0.326 e. The zero-order chi connectivity index (χ0) is 11.4. The molecule has 1 heterocycles. The van der Waals surface area contributed by atoms with Gasteiger partial charge in [0.2, 0.25) is 5.91 Å². The number of carbonyl (C=O) groups excluding carboxylic acids is 1. The highest BCUT2D eigenvalue weighted by atomic mass is 16.1. The smallest absolute Gasteiger partial charge is 0.227 e. The normalized spacial score (nSPS) is 21.3. The van der Waals surface area contributed by atoms with E-state index in [1.54, 1.807) is 0 Å². The summed E-state index contributed by atoms with van der Waals surface area (Å²) in [5.74, 6) is 0.378. The third-order valence-electron chi connectivity index (χ3n) is 3.39. The van der Waals surface area contributed by atoms with Gasteiger partial charge in [-0.25, -0.2) is 0 Å². The van der Waals surface area contributed by atoms with Gasteiger partial charge in [-0.1, -0.05) is 31.5 Å². The average Bonchev–Trinajstić information content (AvgIpc) is 2.37. The zero-order valence-corrected chi connectivity index (χ0v) is 9.83. The van der Waals surface area contributed by atoms with Gasteiger partial charge in [0.1, 0.15) is 0 Å². The van der Waals surface area contributed by atoms with Crippen LogP contribution in [0.4, 0.5) is 5.69 Å². The van der Waals surface area contributed by atoms with Crippen LogP contribution in [0, 0.1) is 5.92 Å². The third-order valence-corrected chi connectivity index (χ3v) is 3.39. The van der Waals surface area contributed by atoms with E-state index in [9.17, 15) is 4.79 Å². The molecule has 1 aromatic carbocycles. The van der Waals surface area contributed by atoms with Crippen LogP contribution < -0.4 is 5.32 Å². The molecule has 2 rings (SSSR count). The maximum atomic E-state index is 12.0. The number of aryl methyl sites for hydroxylation is 1. The van der Waals surface area contributed by atoms with Crippen LogP contribution in [-0.4, -0.2) is 5.91 Å². The first kappa shape index (κ1) is 11.2. The average molecular weight is 217 g/mol. The molecule has 0 radical (unpaired) electrons. The van der Waals surface area contributed by atoms with Crippen LogP contribution in [-0.2, 0) is 11.2 Å². The fourth-order valence-corrected chi connectivity index (χ4v) is 2.32. The molecule has 2 nitrogen and oxygen atoms in total. The molecule has 1 atom stereocenters. The molecule has 0 saturated carbocycles. The highest BCUT2D eigenvalue weighted by molar-refractivity contribution is 5.93. The molecule has 1 aliphatic rings. The van der Waals surface area contributed by atoms with Crippen molar-refractivity contribution in [1.82, 2.24) is 0 Å². The molecule has 1 N–H and O–H groups in total. The van der Waals surface area contributed by atoms with Crippen LogP contribution in [0.5, 0.6) is 0 Å². The summed E-state index contributed by atoms with van der Waals surface area (Å²) in [6.07, 6.45) is 5.37. The van der Waals surface area contributed by atoms with E-state index >= 15 is 0 Å². The summed E-state index contributed by atoms with van der Waals surface area (Å²) < 4.78 is 0. The van der Waals surface area contributed by atoms with Crippen LogP contribution >= 0.6 is 0 Å². The molecule has 0 spiro atoms. The second kappa shape index (κ2) is 5.15. The number of fused-ring (bicyclic) bond motifs is 1. The van der Waals surface area contributed by atoms with Crippen molar-refractivity contribution in [2.24, 2.45) is 5.92 Å². The summed E-state index contributed by atoms with van der Waals surface area (Å²) in [5.41, 5.74) is 2.28. The van der Waals surface area contributed by atoms with Crippen LogP contribution in [0.25, 0.3) is 0 Å². The Kier molecular flexibility index (Phi) is 3.60. The third kappa shape index (κ3) is 2.43. The number of carbonyl (C=O) groups is 1. The Morgan fingerprint density at radius 1 is 1.31 bits per heavy atom. The summed E-state index contributed by atoms with van der Waals surface area (Å²) in [4.78, 5) is 12.0. The zero-order valence-electron chi connectivity index (χ0n) is 9.83. The molecule has 16 heavy (non-hydrogen) atoms. The van der Waals surface area contributed by atoms with Crippen molar-refractivity contribution < 1.29 is 4.79 Å². The van der Waals surface area contributed by atoms with Crippen LogP contribution in [0.3, 0.4) is 0 Å². The number of hydrogen-bond acceptors (Lipinski definition) is 1. The standard InChI is InChI=1S/C14H19NO/c1-2-11-7-3-4-8-12-9-5-6-10-13(12)15-14(11)16/h5-6,9-11H,2-4,7-8H2,1H3,(H,15,16). The molecule has 0 aliphatic carbocycles. The summed E-state index contributed by atoms with van der Waals surface area (Å²) >= 11 is 0. The van der Waals surface area contributed by atoms with Crippen molar-refractivity contribution in [3.05, 3.63) is 29.8 Å². The van der Waals surface area contributed by atoms with Gasteiger partial charge < -0.3 is 5.32 Å². The van der Waals surface area contributed by atoms with Gasteiger partial charge in [0.25, 0.3) is 0 Å². The Hall–Kier alpha value is -1.31. The number of nitrogens with one attached hydrogen (secondary N) is 1. The Morgan fingerprint density at radius 2 is 2.12 bits per heavy atom. The topological polar surface area (TPSA) is 29.1 Å². The van der Waals surface area contributed by atoms with Gasteiger partial charge in [0, 0.05) is 11.6 Å². The van der Waals surface area contributed by atoms with Crippen molar-refractivity contribution in [1.29, 1.82) is 0 Å². The van der Waals surface area contributed by atoms with E-state index in [0.29, 0.717) is 0 Å². The van der Waals surface area contributed by atoms with E-state index in [0.717, 1.165) is 31.4 Å². The molecule has 86 valence electrons. The highest BCUT2D eigenvalue weighted by Gasteiger charge is 2.18. The second-order valence-corrected chi connectivity index (χ2v) is 4.50. The Balaban J connectivity index is 2.24. The molecule has 0 fully saturated rings. The number of hydrogen-bond donors (Lipinski definition) is 1. The SMILES string of the molecule is CCC1CCCCc2ccccc2NC1=O. The summed E-state index contributed by atoms with van der Waals surface area (Å²) in [5, 5.41) is 3.06. The largest absolute Gasteiger partial charge is 0.326 e. The molecular weight excluding hydrogens is 198 g/mol. The highest BCUT2D eigenvalue weighted by Crippen LogP contribution is 2.24. The lowest BCUT2D eigenvalue weighted by Crippen LogP contribution is -2.22. The summed E-state index contributed by atoms with van der Waals surface area (Å²) in [6, 6.07) is 8.14. The van der Waals surface area contributed by atoms with Gasteiger partial charge in [-0.05, 0) is 37.3 Å². The van der Waals surface area contributed by atoms with Crippen LogP contribution in [0.15, 0.2) is 24.3 Å². The lowest BCUT2D eigenvalue weighted by atomic mass is 9.98. The van der Waals surface area contributed by atoms with Gasteiger partial charge in [-0.3, -0.25) is 4.79 Å². The first-order chi connectivity index (χ1) is 7.81. The number of rotatable bonds is 1. The number of para-hydroxylation sites is 1. The fraction of sp³-hybridized carbons (Fsp3) is 0.500. The molecule has 0 aromatic heterocycles. The maximum absolute atomic E-state index is 12.0. The van der Waals surface area contributed by atoms with Crippen LogP contribution in [0.2, 0.25) is 0 Å². The maximum Gasteiger partial charge on any atom is 0.227 e. The molecule has 1 aliphatic heterocycles. The lowest BCUT2D eigenvalue weighted by molar-refractivity contribution is -0.120. The van der Waals surface area contributed by atoms with Gasteiger partial charge >= 0.3 is 0 Å². The minimum absolute atomic E-state index is 0.186. The summed E-state index contributed by atoms with van der Waals surface area (Å²) in [6.45, 7) is 2.09. The van der Waals surface area contributed by atoms with E-state index in [1.165, 1.54) is 12.0 Å². The fourth-order valence-electron chi connectivity index (χ4n) is 2.32. The Bertz CT molecular complexity index is 373. The molecule has 1 amide bonds. The van der Waals surface area contributed by atoms with Crippen LogP contribution in [0.1, 0.15) is 38.2 Å². The summed E-state index contributed by atoms with van der Waals surface area (Å²) in [7, 11) is 0. The van der Waals surface area contributed by atoms with E-state index in [2.05, 4.69) is 18.3 Å². The van der Waals surface area contributed by atoms with Crippen molar-refractivity contribution in [3.63, 3.8) is 0 Å². The monoisotopic (exact) mass is 217 g/mol. The van der Waals surface area contributed by atoms with Gasteiger partial charge in [-0.2, -0.15) is 0 Å². The van der Waals surface area contributed by atoms with Crippen molar-refractivity contribution >= 4 is 11.6 Å².